The molecule has 4 amide bonds. The number of aromatic amines is 1. The number of likely N-dealkylation sites (N-methyl/N-ethyl adjacent to an activating group) is 1. The lowest BCUT2D eigenvalue weighted by atomic mass is 10.1. The first kappa shape index (κ1) is 44.4. The molecule has 22 heteroatoms. The maximum absolute atomic E-state index is 13.8. The van der Waals surface area contributed by atoms with Crippen LogP contribution >= 0.6 is 11.3 Å². The van der Waals surface area contributed by atoms with Crippen molar-refractivity contribution in [2.45, 2.75) is 12.4 Å². The average Bonchev–Trinajstić information content (AvgIpc) is 3.92. The highest BCUT2D eigenvalue weighted by molar-refractivity contribution is 7.14. The molecule has 62 heavy (non-hydrogen) atoms. The lowest BCUT2D eigenvalue weighted by Crippen LogP contribution is -2.51. The Balaban J connectivity index is 1.15. The Morgan fingerprint density at radius 1 is 0.806 bits per heavy atom. The van der Waals surface area contributed by atoms with Crippen LogP contribution < -0.4 is 20.4 Å². The lowest BCUT2D eigenvalue weighted by Gasteiger charge is -2.31. The second-order valence-corrected chi connectivity index (χ2v) is 15.0. The molecule has 4 aromatic carbocycles. The van der Waals surface area contributed by atoms with Crippen LogP contribution in [0.5, 0.6) is 0 Å². The van der Waals surface area contributed by atoms with E-state index in [0.29, 0.717) is 16.8 Å². The molecule has 0 radical (unpaired) electrons. The van der Waals surface area contributed by atoms with Gasteiger partial charge in [-0.3, -0.25) is 10.1 Å². The normalized spacial score (nSPS) is 11.8. The minimum Gasteiger partial charge on any atom is -0.332 e. The fraction of sp³-hybridized carbons (Fsp3) is 0.200. The van der Waals surface area contributed by atoms with Gasteiger partial charge in [0.05, 0.1) is 85.3 Å². The van der Waals surface area contributed by atoms with Gasteiger partial charge in [0.25, 0.3) is 5.69 Å². The Morgan fingerprint density at radius 3 is 1.97 bits per heavy atom. The number of H-pyrrole nitrogens is 1. The largest absolute Gasteiger partial charge is 0.416 e. The molecule has 0 aliphatic heterocycles. The topological polar surface area (TPSA) is 179 Å². The molecule has 0 unspecified atom stereocenters. The number of nitroso groups, excluding NO2 is 1. The zero-order valence-corrected chi connectivity index (χ0v) is 33.4. The van der Waals surface area contributed by atoms with Crippen LogP contribution in [-0.2, 0) is 12.4 Å². The highest BCUT2D eigenvalue weighted by atomic mass is 32.1. The lowest BCUT2D eigenvalue weighted by molar-refractivity contribution is -0.887. The number of imidazole rings is 1. The van der Waals surface area contributed by atoms with Gasteiger partial charge >= 0.3 is 24.4 Å². The molecule has 0 saturated carbocycles. The Kier molecular flexibility index (Phi) is 13.0. The Morgan fingerprint density at radius 2 is 1.37 bits per heavy atom. The third kappa shape index (κ3) is 10.8. The number of carbonyl (C=O) groups is 2. The van der Waals surface area contributed by atoms with Gasteiger partial charge in [0.15, 0.2) is 5.13 Å². The van der Waals surface area contributed by atoms with Crippen molar-refractivity contribution < 1.29 is 45.3 Å². The average molecular weight is 882 g/mol. The summed E-state index contributed by atoms with van der Waals surface area (Å²) < 4.78 is 82.6. The number of halogens is 6. The van der Waals surface area contributed by atoms with E-state index >= 15 is 0 Å². The number of nitrogens with zero attached hydrogens (tertiary/aromatic N) is 7. The van der Waals surface area contributed by atoms with Crippen molar-refractivity contribution in [3.63, 3.8) is 0 Å². The van der Waals surface area contributed by atoms with Crippen molar-refractivity contribution in [3.05, 3.63) is 135 Å². The number of rotatable bonds is 14. The van der Waals surface area contributed by atoms with E-state index in [1.54, 1.807) is 32.3 Å². The molecule has 322 valence electrons. The van der Waals surface area contributed by atoms with Gasteiger partial charge in [-0.05, 0) is 53.7 Å². The second-order valence-electron chi connectivity index (χ2n) is 14.2. The number of nitro benzene ring substituents is 1. The van der Waals surface area contributed by atoms with Crippen LogP contribution in [0.25, 0.3) is 22.5 Å². The number of hydrogen-bond donors (Lipinski definition) is 3. The highest BCUT2D eigenvalue weighted by Gasteiger charge is 2.34. The predicted octanol–water partition coefficient (Wildman–Crippen LogP) is 10.0. The molecular weight excluding hydrogens is 847 g/mol. The molecule has 0 fully saturated rings. The summed E-state index contributed by atoms with van der Waals surface area (Å²) in [7, 11) is 3.56. The van der Waals surface area contributed by atoms with Crippen molar-refractivity contribution in [1.29, 1.82) is 0 Å². The van der Waals surface area contributed by atoms with E-state index in [4.69, 9.17) is 0 Å². The van der Waals surface area contributed by atoms with Crippen LogP contribution in [0.3, 0.4) is 0 Å². The number of nitrogens with one attached hydrogen (secondary N) is 3. The van der Waals surface area contributed by atoms with Gasteiger partial charge in [0.1, 0.15) is 5.69 Å². The van der Waals surface area contributed by atoms with E-state index in [9.17, 15) is 51.0 Å². The Hall–Kier alpha value is -7.20. The van der Waals surface area contributed by atoms with E-state index in [-0.39, 0.29) is 70.2 Å². The molecule has 2 aromatic heterocycles. The van der Waals surface area contributed by atoms with E-state index in [0.717, 1.165) is 57.5 Å². The number of quaternary nitrogens is 1. The number of benzene rings is 4. The predicted molar refractivity (Wildman–Crippen MR) is 219 cm³/mol. The number of alkyl halides is 6. The first-order valence-electron chi connectivity index (χ1n) is 18.3. The van der Waals surface area contributed by atoms with Gasteiger partial charge in [-0.15, -0.1) is 16.2 Å². The van der Waals surface area contributed by atoms with Crippen molar-refractivity contribution >= 4 is 57.2 Å². The number of non-ortho nitro benzene ring substituents is 1. The summed E-state index contributed by atoms with van der Waals surface area (Å²) in [4.78, 5) is 62.9. The monoisotopic (exact) mass is 881 g/mol. The van der Waals surface area contributed by atoms with Crippen molar-refractivity contribution in [1.82, 2.24) is 25.6 Å². The molecule has 0 spiro atoms. The SMILES string of the molecule is C[N+](C)(CCNC(=O)N(c1cccc(C(F)(F)F)c1)c1ncc(-c2cccc(N=O)c2)[nH]1)CCNC(=O)N(c1cccc(C(F)(F)F)c1)c1nc(-c2cccc([N+](=O)[O-])c2)cs1. The number of aromatic nitrogens is 3. The third-order valence-electron chi connectivity index (χ3n) is 9.33. The minimum absolute atomic E-state index is 0.00818. The molecule has 2 heterocycles. The maximum Gasteiger partial charge on any atom is 0.416 e. The van der Waals surface area contributed by atoms with Crippen LogP contribution in [0.4, 0.5) is 69.8 Å². The minimum atomic E-state index is -4.72. The molecule has 0 atom stereocenters. The van der Waals surface area contributed by atoms with Gasteiger partial charge in [-0.2, -0.15) is 26.3 Å². The fourth-order valence-corrected chi connectivity index (χ4v) is 6.92. The maximum atomic E-state index is 13.8. The van der Waals surface area contributed by atoms with Gasteiger partial charge in [-0.1, -0.05) is 36.4 Å². The number of urea groups is 2. The van der Waals surface area contributed by atoms with Crippen molar-refractivity contribution in [2.24, 2.45) is 5.18 Å². The molecular formula is C40H35F6N10O5S+. The highest BCUT2D eigenvalue weighted by Crippen LogP contribution is 2.37. The quantitative estimate of drug-likeness (QED) is 0.0320. The van der Waals surface area contributed by atoms with Gasteiger partial charge in [-0.25, -0.2) is 29.4 Å². The molecule has 15 nitrogen and oxygen atoms in total. The fourth-order valence-electron chi connectivity index (χ4n) is 6.07. The van der Waals surface area contributed by atoms with Gasteiger partial charge in [0, 0.05) is 28.6 Å². The summed E-state index contributed by atoms with van der Waals surface area (Å²) in [5.41, 5.74) is -0.976. The molecule has 0 bridgehead atoms. The zero-order chi connectivity index (χ0) is 44.8. The molecule has 3 N–H and O–H groups in total. The zero-order valence-electron chi connectivity index (χ0n) is 32.6. The number of nitro groups is 1. The summed E-state index contributed by atoms with van der Waals surface area (Å²) in [6.45, 7) is 0.461. The standard InChI is InChI=1S/C40H34F6N10O5S/c1-56(2,17-15-47-36(57)53(30-12-5-9-27(21-30)39(41,42)43)35-49-23-33(50-35)25-7-3-11-29(19-25)52-59)18-16-48-37(58)54(31-13-6-10-28(22-31)40(44,45)46)38-51-34(24-62-38)26-8-4-14-32(20-26)55(60)61/h3-14,19-24H,15-18H2,1-2H3,(H2-,47,48,49,50,57,58)/p+1. The van der Waals surface area contributed by atoms with Gasteiger partial charge in [0.2, 0.25) is 5.95 Å². The number of thiazole rings is 1. The summed E-state index contributed by atoms with van der Waals surface area (Å²) in [5.74, 6) is -0.125. The number of carbonyl (C=O) groups excluding carboxylic acids is 2. The van der Waals surface area contributed by atoms with Crippen LogP contribution in [0.15, 0.2) is 114 Å². The number of anilines is 4. The van der Waals surface area contributed by atoms with Crippen LogP contribution in [-0.4, -0.2) is 76.7 Å². The van der Waals surface area contributed by atoms with Crippen LogP contribution in [0.2, 0.25) is 0 Å². The molecule has 0 saturated heterocycles. The van der Waals surface area contributed by atoms with Crippen molar-refractivity contribution in [3.8, 4) is 22.5 Å². The summed E-state index contributed by atoms with van der Waals surface area (Å²) in [5, 5.41) is 21.2. The smallest absolute Gasteiger partial charge is 0.332 e. The van der Waals surface area contributed by atoms with E-state index in [1.807, 2.05) is 0 Å². The molecule has 6 rings (SSSR count). The first-order chi connectivity index (χ1) is 29.3. The first-order valence-corrected chi connectivity index (χ1v) is 19.2. The summed E-state index contributed by atoms with van der Waals surface area (Å²) in [6.07, 6.45) is -8.09. The molecule has 6 aromatic rings. The number of hydrogen-bond acceptors (Lipinski definition) is 9. The van der Waals surface area contributed by atoms with Crippen LogP contribution in [0.1, 0.15) is 11.1 Å². The van der Waals surface area contributed by atoms with Gasteiger partial charge < -0.3 is 20.1 Å². The number of amides is 4. The van der Waals surface area contributed by atoms with Crippen molar-refractivity contribution in [2.75, 3.05) is 50.1 Å². The molecule has 0 aliphatic rings. The van der Waals surface area contributed by atoms with E-state index in [1.165, 1.54) is 54.0 Å². The third-order valence-corrected chi connectivity index (χ3v) is 10.2. The van der Waals surface area contributed by atoms with Crippen LogP contribution in [0, 0.1) is 15.0 Å². The van der Waals surface area contributed by atoms with E-state index in [2.05, 4.69) is 30.8 Å². The van der Waals surface area contributed by atoms with E-state index < -0.39 is 40.5 Å². The molecule has 0 aliphatic carbocycles. The summed E-state index contributed by atoms with van der Waals surface area (Å²) in [6, 6.07) is 18.3. The second kappa shape index (κ2) is 18.2. The Labute approximate surface area is 352 Å². The summed E-state index contributed by atoms with van der Waals surface area (Å²) >= 11 is 0.936. The Bertz CT molecular complexity index is 2600.